The first-order valence-electron chi connectivity index (χ1n) is 2.84. The van der Waals surface area contributed by atoms with Crippen molar-refractivity contribution in [1.82, 2.24) is 0 Å². The molecule has 5 heteroatoms. The van der Waals surface area contributed by atoms with Crippen molar-refractivity contribution in [2.24, 2.45) is 0 Å². The quantitative estimate of drug-likeness (QED) is 0.362. The molecule has 1 heterocycles. The van der Waals surface area contributed by atoms with Crippen LogP contribution < -0.4 is 0 Å². The van der Waals surface area contributed by atoms with E-state index in [2.05, 4.69) is 4.74 Å². The molecule has 0 amide bonds. The molecule has 10 heavy (non-hydrogen) atoms. The molecule has 3 N–H and O–H groups in total. The minimum Gasteiger partial charge on any atom is -0.455 e. The molecule has 0 aromatic rings. The van der Waals surface area contributed by atoms with E-state index in [1.807, 2.05) is 0 Å². The van der Waals surface area contributed by atoms with Gasteiger partial charge in [0.2, 0.25) is 0 Å². The van der Waals surface area contributed by atoms with Gasteiger partial charge in [-0.1, -0.05) is 0 Å². The maximum absolute atomic E-state index is 10.4. The average molecular weight is 148 g/mol. The van der Waals surface area contributed by atoms with Crippen LogP contribution >= 0.6 is 0 Å². The fraction of sp³-hybridized carbons (Fsp3) is 0.800. The van der Waals surface area contributed by atoms with Gasteiger partial charge in [0, 0.05) is 0 Å². The van der Waals surface area contributed by atoms with Gasteiger partial charge in [-0.05, 0) is 0 Å². The molecular weight excluding hydrogens is 140 g/mol. The highest BCUT2D eigenvalue weighted by Crippen LogP contribution is 2.14. The van der Waals surface area contributed by atoms with Crippen molar-refractivity contribution < 1.29 is 24.9 Å². The van der Waals surface area contributed by atoms with E-state index in [1.54, 1.807) is 0 Å². The topological polar surface area (TPSA) is 87.0 Å². The Balaban J connectivity index is 2.61. The predicted molar refractivity (Wildman–Crippen MR) is 29.0 cm³/mol. The molecule has 0 aliphatic carbocycles. The van der Waals surface area contributed by atoms with E-state index in [0.29, 0.717) is 0 Å². The standard InChI is InChI=1S/C5H8O5/c6-1-2-3(7)4(8)5(9)10-2/h2-4,6-8H,1H2/t2-,3-,4?/m1/s1. The largest absolute Gasteiger partial charge is 0.455 e. The Morgan fingerprint density at radius 3 is 2.30 bits per heavy atom. The molecule has 1 rings (SSSR count). The Morgan fingerprint density at radius 2 is 2.10 bits per heavy atom. The summed E-state index contributed by atoms with van der Waals surface area (Å²) in [5, 5.41) is 26.0. The Morgan fingerprint density at radius 1 is 1.50 bits per heavy atom. The first-order chi connectivity index (χ1) is 4.66. The number of carbonyl (C=O) groups is 1. The fourth-order valence-corrected chi connectivity index (χ4v) is 0.777. The molecule has 1 unspecified atom stereocenters. The fourth-order valence-electron chi connectivity index (χ4n) is 0.777. The van der Waals surface area contributed by atoms with Crippen LogP contribution in [0.3, 0.4) is 0 Å². The first kappa shape index (κ1) is 7.46. The number of rotatable bonds is 1. The van der Waals surface area contributed by atoms with Gasteiger partial charge in [-0.2, -0.15) is 0 Å². The van der Waals surface area contributed by atoms with Gasteiger partial charge in [-0.3, -0.25) is 0 Å². The average Bonchev–Trinajstić information content (AvgIpc) is 2.17. The summed E-state index contributed by atoms with van der Waals surface area (Å²) in [5.41, 5.74) is 0. The third-order valence-corrected chi connectivity index (χ3v) is 1.39. The van der Waals surface area contributed by atoms with E-state index in [-0.39, 0.29) is 0 Å². The zero-order chi connectivity index (χ0) is 7.72. The maximum atomic E-state index is 10.4. The van der Waals surface area contributed by atoms with E-state index in [0.717, 1.165) is 0 Å². The van der Waals surface area contributed by atoms with E-state index in [4.69, 9.17) is 15.3 Å². The highest BCUT2D eigenvalue weighted by Gasteiger charge is 2.41. The molecule has 0 aromatic carbocycles. The number of cyclic esters (lactones) is 1. The van der Waals surface area contributed by atoms with E-state index < -0.39 is 30.9 Å². The van der Waals surface area contributed by atoms with Crippen LogP contribution in [0.2, 0.25) is 0 Å². The Kier molecular flexibility index (Phi) is 1.89. The van der Waals surface area contributed by atoms with Crippen LogP contribution in [0.5, 0.6) is 0 Å². The number of aliphatic hydroxyl groups is 3. The molecule has 0 radical (unpaired) electrons. The van der Waals surface area contributed by atoms with E-state index in [1.165, 1.54) is 0 Å². The van der Waals surface area contributed by atoms with Gasteiger partial charge < -0.3 is 20.1 Å². The minimum atomic E-state index is -1.50. The zero-order valence-electron chi connectivity index (χ0n) is 5.10. The molecule has 0 spiro atoms. The molecule has 1 aliphatic heterocycles. The van der Waals surface area contributed by atoms with Crippen molar-refractivity contribution in [3.05, 3.63) is 0 Å². The highest BCUT2D eigenvalue weighted by atomic mass is 16.6. The van der Waals surface area contributed by atoms with Crippen molar-refractivity contribution in [2.45, 2.75) is 18.3 Å². The lowest BCUT2D eigenvalue weighted by Crippen LogP contribution is -2.32. The smallest absolute Gasteiger partial charge is 0.338 e. The summed E-state index contributed by atoms with van der Waals surface area (Å²) < 4.78 is 4.35. The highest BCUT2D eigenvalue weighted by molar-refractivity contribution is 5.77. The van der Waals surface area contributed by atoms with Crippen molar-refractivity contribution in [2.75, 3.05) is 6.61 Å². The second-order valence-corrected chi connectivity index (χ2v) is 2.09. The normalized spacial score (nSPS) is 39.9. The van der Waals surface area contributed by atoms with Crippen LogP contribution in [0.4, 0.5) is 0 Å². The molecule has 3 atom stereocenters. The van der Waals surface area contributed by atoms with Crippen LogP contribution in [0.15, 0.2) is 0 Å². The van der Waals surface area contributed by atoms with Gasteiger partial charge in [0.15, 0.2) is 12.2 Å². The third-order valence-electron chi connectivity index (χ3n) is 1.39. The molecule has 0 saturated carbocycles. The monoisotopic (exact) mass is 148 g/mol. The van der Waals surface area contributed by atoms with Gasteiger partial charge in [0.25, 0.3) is 0 Å². The summed E-state index contributed by atoms with van der Waals surface area (Å²) in [5.74, 6) is -0.883. The number of esters is 1. The van der Waals surface area contributed by atoms with Crippen LogP contribution in [-0.2, 0) is 9.53 Å². The van der Waals surface area contributed by atoms with Crippen LogP contribution in [0.25, 0.3) is 0 Å². The lowest BCUT2D eigenvalue weighted by molar-refractivity contribution is -0.148. The summed E-state index contributed by atoms with van der Waals surface area (Å²) in [6.07, 6.45) is -3.77. The number of aliphatic hydroxyl groups excluding tert-OH is 3. The molecule has 0 aromatic heterocycles. The number of hydrogen-bond acceptors (Lipinski definition) is 5. The van der Waals surface area contributed by atoms with Gasteiger partial charge in [0.05, 0.1) is 6.61 Å². The summed E-state index contributed by atoms with van der Waals surface area (Å²) in [7, 11) is 0. The molecule has 0 bridgehead atoms. The van der Waals surface area contributed by atoms with Crippen molar-refractivity contribution in [1.29, 1.82) is 0 Å². The molecule has 58 valence electrons. The molecule has 1 aliphatic rings. The Labute approximate surface area is 56.9 Å². The van der Waals surface area contributed by atoms with Gasteiger partial charge in [-0.15, -0.1) is 0 Å². The van der Waals surface area contributed by atoms with Crippen LogP contribution in [0, 0.1) is 0 Å². The minimum absolute atomic E-state index is 0.468. The first-order valence-corrected chi connectivity index (χ1v) is 2.84. The second-order valence-electron chi connectivity index (χ2n) is 2.09. The van der Waals surface area contributed by atoms with Crippen molar-refractivity contribution >= 4 is 5.97 Å². The van der Waals surface area contributed by atoms with Crippen molar-refractivity contribution in [3.8, 4) is 0 Å². The SMILES string of the molecule is O=C1O[C@H](CO)[C@@H](O)C1O. The zero-order valence-corrected chi connectivity index (χ0v) is 5.10. The van der Waals surface area contributed by atoms with E-state index >= 15 is 0 Å². The maximum Gasteiger partial charge on any atom is 0.338 e. The van der Waals surface area contributed by atoms with Gasteiger partial charge in [0.1, 0.15) is 6.10 Å². The predicted octanol–water partition coefficient (Wildman–Crippen LogP) is -2.37. The van der Waals surface area contributed by atoms with E-state index in [9.17, 15) is 4.79 Å². The Bertz CT molecular complexity index is 145. The second kappa shape index (κ2) is 2.53. The molecular formula is C5H8O5. The lowest BCUT2D eigenvalue weighted by Gasteiger charge is -2.08. The lowest BCUT2D eigenvalue weighted by atomic mass is 10.1. The molecule has 5 nitrogen and oxygen atoms in total. The van der Waals surface area contributed by atoms with Gasteiger partial charge in [-0.25, -0.2) is 4.79 Å². The summed E-state index contributed by atoms with van der Waals surface area (Å²) in [4.78, 5) is 10.4. The van der Waals surface area contributed by atoms with Crippen LogP contribution in [-0.4, -0.2) is 46.2 Å². The van der Waals surface area contributed by atoms with Gasteiger partial charge >= 0.3 is 5.97 Å². The van der Waals surface area contributed by atoms with Crippen molar-refractivity contribution in [3.63, 3.8) is 0 Å². The number of hydrogen-bond donors (Lipinski definition) is 3. The summed E-state index contributed by atoms with van der Waals surface area (Å²) in [6.45, 7) is -0.468. The molecule has 1 fully saturated rings. The summed E-state index contributed by atoms with van der Waals surface area (Å²) in [6, 6.07) is 0. The molecule has 1 saturated heterocycles. The van der Waals surface area contributed by atoms with Crippen LogP contribution in [0.1, 0.15) is 0 Å². The number of carbonyl (C=O) groups excluding carboxylic acids is 1. The number of ether oxygens (including phenoxy) is 1. The summed E-state index contributed by atoms with van der Waals surface area (Å²) >= 11 is 0. The third kappa shape index (κ3) is 0.985. The Hall–Kier alpha value is -0.650.